The van der Waals surface area contributed by atoms with Crippen LogP contribution in [-0.4, -0.2) is 48.4 Å². The molecule has 0 aromatic heterocycles. The van der Waals surface area contributed by atoms with Gasteiger partial charge in [-0.2, -0.15) is 0 Å². The predicted molar refractivity (Wildman–Crippen MR) is 68.2 cm³/mol. The minimum atomic E-state index is 0.179. The minimum Gasteiger partial charge on any atom is -0.369 e. The van der Waals surface area contributed by atoms with Crippen molar-refractivity contribution in [3.63, 3.8) is 0 Å². The number of nitrogens with one attached hydrogen (secondary N) is 1. The second-order valence-corrected chi connectivity index (χ2v) is 5.04. The van der Waals surface area contributed by atoms with Crippen LogP contribution in [0.1, 0.15) is 13.3 Å². The van der Waals surface area contributed by atoms with E-state index in [1.54, 1.807) is 0 Å². The standard InChI is InChI=1S/C13H21N3O/c1-10(2)7-14-11(3)16-8-12(9-16)13(17)15-5-4-6-15/h12,14H,1,3-9H2,2H3. The quantitative estimate of drug-likeness (QED) is 0.716. The van der Waals surface area contributed by atoms with Crippen molar-refractivity contribution in [1.29, 1.82) is 0 Å². The summed E-state index contributed by atoms with van der Waals surface area (Å²) in [5.74, 6) is 1.40. The number of carbonyl (C=O) groups excluding carboxylic acids is 1. The van der Waals surface area contributed by atoms with Crippen LogP contribution in [0.4, 0.5) is 0 Å². The first-order valence-electron chi connectivity index (χ1n) is 6.19. The van der Waals surface area contributed by atoms with Crippen LogP contribution in [0.2, 0.25) is 0 Å². The zero-order valence-electron chi connectivity index (χ0n) is 10.5. The fourth-order valence-corrected chi connectivity index (χ4v) is 2.01. The second kappa shape index (κ2) is 4.82. The summed E-state index contributed by atoms with van der Waals surface area (Å²) in [7, 11) is 0. The molecule has 4 heteroatoms. The van der Waals surface area contributed by atoms with Gasteiger partial charge in [0, 0.05) is 32.7 Å². The molecule has 17 heavy (non-hydrogen) atoms. The Morgan fingerprint density at radius 2 is 1.94 bits per heavy atom. The van der Waals surface area contributed by atoms with Crippen LogP contribution in [0.3, 0.4) is 0 Å². The van der Waals surface area contributed by atoms with Crippen LogP contribution < -0.4 is 5.32 Å². The van der Waals surface area contributed by atoms with Gasteiger partial charge in [0.25, 0.3) is 0 Å². The van der Waals surface area contributed by atoms with Gasteiger partial charge in [-0.1, -0.05) is 18.7 Å². The van der Waals surface area contributed by atoms with Gasteiger partial charge in [0.2, 0.25) is 5.91 Å². The molecule has 0 aliphatic carbocycles. The van der Waals surface area contributed by atoms with Crippen molar-refractivity contribution in [3.05, 3.63) is 24.6 Å². The molecule has 4 nitrogen and oxygen atoms in total. The maximum atomic E-state index is 11.9. The maximum Gasteiger partial charge on any atom is 0.229 e. The predicted octanol–water partition coefficient (Wildman–Crippen LogP) is 0.787. The number of likely N-dealkylation sites (tertiary alicyclic amines) is 2. The van der Waals surface area contributed by atoms with Gasteiger partial charge in [0.15, 0.2) is 0 Å². The second-order valence-electron chi connectivity index (χ2n) is 5.04. The highest BCUT2D eigenvalue weighted by Gasteiger charge is 2.37. The summed E-state index contributed by atoms with van der Waals surface area (Å²) in [5, 5.41) is 3.21. The van der Waals surface area contributed by atoms with Gasteiger partial charge < -0.3 is 15.1 Å². The molecule has 2 fully saturated rings. The van der Waals surface area contributed by atoms with Gasteiger partial charge in [-0.3, -0.25) is 4.79 Å². The summed E-state index contributed by atoms with van der Waals surface area (Å²) in [5.41, 5.74) is 1.08. The van der Waals surface area contributed by atoms with E-state index in [2.05, 4.69) is 23.4 Å². The summed E-state index contributed by atoms with van der Waals surface area (Å²) < 4.78 is 0. The van der Waals surface area contributed by atoms with Gasteiger partial charge in [-0.25, -0.2) is 0 Å². The zero-order valence-corrected chi connectivity index (χ0v) is 10.5. The van der Waals surface area contributed by atoms with Crippen molar-refractivity contribution in [2.75, 3.05) is 32.7 Å². The SMILES string of the molecule is C=C(C)CNC(=C)N1CC(C(=O)N2CCC2)C1. The summed E-state index contributed by atoms with van der Waals surface area (Å²) >= 11 is 0. The van der Waals surface area contributed by atoms with E-state index in [-0.39, 0.29) is 5.92 Å². The largest absolute Gasteiger partial charge is 0.369 e. The Bertz CT molecular complexity index is 341. The van der Waals surface area contributed by atoms with Crippen molar-refractivity contribution in [2.24, 2.45) is 5.92 Å². The van der Waals surface area contributed by atoms with Crippen LogP contribution in [0.15, 0.2) is 24.6 Å². The lowest BCUT2D eigenvalue weighted by Gasteiger charge is -2.44. The molecule has 0 bridgehead atoms. The number of hydrogen-bond donors (Lipinski definition) is 1. The van der Waals surface area contributed by atoms with E-state index >= 15 is 0 Å². The smallest absolute Gasteiger partial charge is 0.229 e. The lowest BCUT2D eigenvalue weighted by molar-refractivity contribution is -0.143. The first kappa shape index (κ1) is 12.0. The van der Waals surface area contributed by atoms with E-state index in [0.717, 1.165) is 50.5 Å². The van der Waals surface area contributed by atoms with Crippen molar-refractivity contribution in [1.82, 2.24) is 15.1 Å². The zero-order chi connectivity index (χ0) is 12.4. The molecule has 0 aromatic carbocycles. The molecule has 2 heterocycles. The molecular formula is C13H21N3O. The first-order chi connectivity index (χ1) is 8.08. The fourth-order valence-electron chi connectivity index (χ4n) is 2.01. The normalized spacial score (nSPS) is 19.4. The molecule has 0 aromatic rings. The van der Waals surface area contributed by atoms with E-state index in [9.17, 15) is 4.79 Å². The third-order valence-electron chi connectivity index (χ3n) is 3.37. The number of nitrogens with zero attached hydrogens (tertiary/aromatic N) is 2. The number of hydrogen-bond acceptors (Lipinski definition) is 3. The van der Waals surface area contributed by atoms with Gasteiger partial charge in [0.05, 0.1) is 11.7 Å². The number of carbonyl (C=O) groups is 1. The first-order valence-corrected chi connectivity index (χ1v) is 6.19. The van der Waals surface area contributed by atoms with Gasteiger partial charge >= 0.3 is 0 Å². The topological polar surface area (TPSA) is 35.6 Å². The van der Waals surface area contributed by atoms with Crippen molar-refractivity contribution >= 4 is 5.91 Å². The Morgan fingerprint density at radius 3 is 2.41 bits per heavy atom. The average molecular weight is 235 g/mol. The van der Waals surface area contributed by atoms with Crippen molar-refractivity contribution < 1.29 is 4.79 Å². The van der Waals surface area contributed by atoms with Gasteiger partial charge in [-0.05, 0) is 13.3 Å². The van der Waals surface area contributed by atoms with Crippen LogP contribution in [-0.2, 0) is 4.79 Å². The van der Waals surface area contributed by atoms with E-state index in [4.69, 9.17) is 0 Å². The molecule has 0 radical (unpaired) electrons. The molecule has 1 N–H and O–H groups in total. The fraction of sp³-hybridized carbons (Fsp3) is 0.615. The van der Waals surface area contributed by atoms with Gasteiger partial charge in [-0.15, -0.1) is 0 Å². The summed E-state index contributed by atoms with van der Waals surface area (Å²) in [6.07, 6.45) is 1.16. The van der Waals surface area contributed by atoms with E-state index in [1.807, 2.05) is 11.8 Å². The molecule has 0 spiro atoms. The highest BCUT2D eigenvalue weighted by molar-refractivity contribution is 5.81. The Morgan fingerprint density at radius 1 is 1.29 bits per heavy atom. The summed E-state index contributed by atoms with van der Waals surface area (Å²) in [6.45, 7) is 14.0. The van der Waals surface area contributed by atoms with E-state index in [0.29, 0.717) is 5.91 Å². The van der Waals surface area contributed by atoms with Crippen LogP contribution in [0, 0.1) is 5.92 Å². The Balaban J connectivity index is 1.69. The molecule has 2 saturated heterocycles. The number of amides is 1. The molecule has 94 valence electrons. The van der Waals surface area contributed by atoms with Crippen LogP contribution in [0.5, 0.6) is 0 Å². The molecule has 2 rings (SSSR count). The molecule has 0 saturated carbocycles. The Labute approximate surface area is 103 Å². The van der Waals surface area contributed by atoms with Crippen molar-refractivity contribution in [2.45, 2.75) is 13.3 Å². The summed E-state index contributed by atoms with van der Waals surface area (Å²) in [4.78, 5) is 15.9. The third-order valence-corrected chi connectivity index (χ3v) is 3.37. The Kier molecular flexibility index (Phi) is 3.41. The van der Waals surface area contributed by atoms with Crippen molar-refractivity contribution in [3.8, 4) is 0 Å². The number of rotatable bonds is 5. The molecule has 2 aliphatic rings. The van der Waals surface area contributed by atoms with E-state index in [1.165, 1.54) is 0 Å². The molecule has 0 unspecified atom stereocenters. The maximum absolute atomic E-state index is 11.9. The highest BCUT2D eigenvalue weighted by atomic mass is 16.2. The molecule has 1 amide bonds. The molecule has 2 aliphatic heterocycles. The lowest BCUT2D eigenvalue weighted by Crippen LogP contribution is -2.57. The molecule has 0 atom stereocenters. The van der Waals surface area contributed by atoms with Crippen LogP contribution >= 0.6 is 0 Å². The Hall–Kier alpha value is -1.45. The van der Waals surface area contributed by atoms with Crippen LogP contribution in [0.25, 0.3) is 0 Å². The monoisotopic (exact) mass is 235 g/mol. The van der Waals surface area contributed by atoms with Gasteiger partial charge in [0.1, 0.15) is 0 Å². The van der Waals surface area contributed by atoms with E-state index < -0.39 is 0 Å². The molecular weight excluding hydrogens is 214 g/mol. The summed E-state index contributed by atoms with van der Waals surface area (Å²) in [6, 6.07) is 0. The highest BCUT2D eigenvalue weighted by Crippen LogP contribution is 2.23. The minimum absolute atomic E-state index is 0.179. The lowest BCUT2D eigenvalue weighted by atomic mass is 9.97. The third kappa shape index (κ3) is 2.62. The average Bonchev–Trinajstić information content (AvgIpc) is 2.09.